The third kappa shape index (κ3) is 6.64. The summed E-state index contributed by atoms with van der Waals surface area (Å²) in [5, 5.41) is 0. The summed E-state index contributed by atoms with van der Waals surface area (Å²) in [4.78, 5) is 34.4. The van der Waals surface area contributed by atoms with Gasteiger partial charge in [-0.1, -0.05) is 19.8 Å². The standard InChI is InChI=1S/C15H26N2O6/c1-9-5-3-4-6-12(9)22-8-11(17)15(20)23-14(19)10(16)7-13(18)21-2/h9-12H,3-8,16-17H2,1-2H3/t9?,10-,11-,12?/m0/s1. The average molecular weight is 330 g/mol. The van der Waals surface area contributed by atoms with Gasteiger partial charge < -0.3 is 25.7 Å². The molecule has 0 bridgehead atoms. The topological polar surface area (TPSA) is 131 Å². The maximum absolute atomic E-state index is 11.7. The Kier molecular flexibility index (Phi) is 8.15. The Balaban J connectivity index is 2.35. The van der Waals surface area contributed by atoms with E-state index in [1.54, 1.807) is 0 Å². The summed E-state index contributed by atoms with van der Waals surface area (Å²) in [7, 11) is 1.17. The first-order valence-corrected chi connectivity index (χ1v) is 7.80. The molecule has 23 heavy (non-hydrogen) atoms. The van der Waals surface area contributed by atoms with E-state index >= 15 is 0 Å². The van der Waals surface area contributed by atoms with E-state index in [1.807, 2.05) is 0 Å². The van der Waals surface area contributed by atoms with Crippen LogP contribution in [0.3, 0.4) is 0 Å². The zero-order valence-electron chi connectivity index (χ0n) is 13.7. The number of carbonyl (C=O) groups excluding carboxylic acids is 3. The molecule has 0 radical (unpaired) electrons. The number of rotatable bonds is 7. The van der Waals surface area contributed by atoms with Gasteiger partial charge in [0.2, 0.25) is 0 Å². The van der Waals surface area contributed by atoms with E-state index in [2.05, 4.69) is 16.4 Å². The highest BCUT2D eigenvalue weighted by Crippen LogP contribution is 2.26. The fourth-order valence-electron chi connectivity index (χ4n) is 2.42. The molecule has 0 amide bonds. The van der Waals surface area contributed by atoms with Gasteiger partial charge in [0.05, 0.1) is 26.2 Å². The molecular weight excluding hydrogens is 304 g/mol. The molecule has 8 nitrogen and oxygen atoms in total. The molecule has 1 aliphatic rings. The number of esters is 3. The van der Waals surface area contributed by atoms with Crippen molar-refractivity contribution in [1.29, 1.82) is 0 Å². The first-order valence-electron chi connectivity index (χ1n) is 7.80. The minimum atomic E-state index is -1.27. The van der Waals surface area contributed by atoms with Crippen LogP contribution in [-0.4, -0.2) is 49.8 Å². The summed E-state index contributed by atoms with van der Waals surface area (Å²) in [6.07, 6.45) is 4.00. The molecule has 2 unspecified atom stereocenters. The minimum absolute atomic E-state index is 0.0205. The predicted molar refractivity (Wildman–Crippen MR) is 81.1 cm³/mol. The second-order valence-electron chi connectivity index (χ2n) is 5.87. The number of hydrogen-bond acceptors (Lipinski definition) is 8. The van der Waals surface area contributed by atoms with Crippen molar-refractivity contribution in [3.63, 3.8) is 0 Å². The van der Waals surface area contributed by atoms with Crippen molar-refractivity contribution in [2.45, 2.75) is 57.2 Å². The average Bonchev–Trinajstić information content (AvgIpc) is 2.53. The summed E-state index contributed by atoms with van der Waals surface area (Å²) in [5.74, 6) is -2.18. The van der Waals surface area contributed by atoms with Gasteiger partial charge in [0, 0.05) is 0 Å². The molecule has 4 N–H and O–H groups in total. The molecule has 0 aromatic rings. The highest BCUT2D eigenvalue weighted by atomic mass is 16.6. The van der Waals surface area contributed by atoms with Crippen molar-refractivity contribution in [3.8, 4) is 0 Å². The number of nitrogens with two attached hydrogens (primary N) is 2. The quantitative estimate of drug-likeness (QED) is 0.487. The van der Waals surface area contributed by atoms with Gasteiger partial charge in [0.1, 0.15) is 12.1 Å². The molecule has 0 heterocycles. The zero-order valence-corrected chi connectivity index (χ0v) is 13.7. The van der Waals surface area contributed by atoms with Crippen LogP contribution in [0.1, 0.15) is 39.0 Å². The molecule has 132 valence electrons. The molecule has 1 saturated carbocycles. The molecular formula is C15H26N2O6. The first-order chi connectivity index (χ1) is 10.8. The Morgan fingerprint density at radius 3 is 2.30 bits per heavy atom. The number of carbonyl (C=O) groups is 3. The van der Waals surface area contributed by atoms with Crippen molar-refractivity contribution in [2.24, 2.45) is 17.4 Å². The summed E-state index contributed by atoms with van der Waals surface area (Å²) in [6.45, 7) is 2.08. The summed E-state index contributed by atoms with van der Waals surface area (Å²) < 4.78 is 14.6. The van der Waals surface area contributed by atoms with Crippen molar-refractivity contribution in [1.82, 2.24) is 0 Å². The van der Waals surface area contributed by atoms with E-state index in [9.17, 15) is 14.4 Å². The number of methoxy groups -OCH3 is 1. The second kappa shape index (κ2) is 9.59. The van der Waals surface area contributed by atoms with Crippen LogP contribution in [0.4, 0.5) is 0 Å². The van der Waals surface area contributed by atoms with E-state index < -0.39 is 30.0 Å². The molecule has 1 fully saturated rings. The van der Waals surface area contributed by atoms with Crippen LogP contribution >= 0.6 is 0 Å². The predicted octanol–water partition coefficient (Wildman–Crippen LogP) is -0.131. The van der Waals surface area contributed by atoms with Crippen molar-refractivity contribution in [2.75, 3.05) is 13.7 Å². The highest BCUT2D eigenvalue weighted by Gasteiger charge is 2.27. The van der Waals surface area contributed by atoms with Crippen molar-refractivity contribution < 1.29 is 28.6 Å². The maximum atomic E-state index is 11.7. The lowest BCUT2D eigenvalue weighted by Gasteiger charge is -2.29. The molecule has 1 rings (SSSR count). The van der Waals surface area contributed by atoms with Gasteiger partial charge in [-0.2, -0.15) is 0 Å². The van der Waals surface area contributed by atoms with Crippen LogP contribution in [0.2, 0.25) is 0 Å². The van der Waals surface area contributed by atoms with Gasteiger partial charge in [-0.15, -0.1) is 0 Å². The van der Waals surface area contributed by atoms with Crippen molar-refractivity contribution >= 4 is 17.9 Å². The Hall–Kier alpha value is -1.51. The Morgan fingerprint density at radius 1 is 1.09 bits per heavy atom. The summed E-state index contributed by atoms with van der Waals surface area (Å²) >= 11 is 0. The lowest BCUT2D eigenvalue weighted by molar-refractivity contribution is -0.164. The van der Waals surface area contributed by atoms with Gasteiger partial charge in [-0.3, -0.25) is 4.79 Å². The molecule has 0 aliphatic heterocycles. The monoisotopic (exact) mass is 330 g/mol. The van der Waals surface area contributed by atoms with Crippen molar-refractivity contribution in [3.05, 3.63) is 0 Å². The highest BCUT2D eigenvalue weighted by molar-refractivity contribution is 5.92. The van der Waals surface area contributed by atoms with Gasteiger partial charge >= 0.3 is 17.9 Å². The molecule has 4 atom stereocenters. The van der Waals surface area contributed by atoms with Crippen LogP contribution in [-0.2, 0) is 28.6 Å². The fraction of sp³-hybridized carbons (Fsp3) is 0.800. The third-order valence-corrected chi connectivity index (χ3v) is 3.94. The van der Waals surface area contributed by atoms with Gasteiger partial charge in [0.25, 0.3) is 0 Å². The van der Waals surface area contributed by atoms with Gasteiger partial charge in [-0.05, 0) is 18.8 Å². The van der Waals surface area contributed by atoms with Crippen LogP contribution in [0.5, 0.6) is 0 Å². The molecule has 8 heteroatoms. The van der Waals surface area contributed by atoms with Crippen LogP contribution in [0, 0.1) is 5.92 Å². The Bertz CT molecular complexity index is 428. The molecule has 0 spiro atoms. The smallest absolute Gasteiger partial charge is 0.333 e. The summed E-state index contributed by atoms with van der Waals surface area (Å²) in [5.41, 5.74) is 11.1. The van der Waals surface area contributed by atoms with Gasteiger partial charge in [-0.25, -0.2) is 9.59 Å². The van der Waals surface area contributed by atoms with Crippen LogP contribution < -0.4 is 11.5 Å². The van der Waals surface area contributed by atoms with Crippen LogP contribution in [0.25, 0.3) is 0 Å². The molecule has 0 aromatic carbocycles. The van der Waals surface area contributed by atoms with E-state index in [-0.39, 0.29) is 19.1 Å². The lowest BCUT2D eigenvalue weighted by Crippen LogP contribution is -2.43. The van der Waals surface area contributed by atoms with Crippen LogP contribution in [0.15, 0.2) is 0 Å². The molecule has 1 aliphatic carbocycles. The Labute approximate surface area is 135 Å². The minimum Gasteiger partial charge on any atom is -0.469 e. The van der Waals surface area contributed by atoms with Gasteiger partial charge in [0.15, 0.2) is 0 Å². The largest absolute Gasteiger partial charge is 0.469 e. The second-order valence-corrected chi connectivity index (χ2v) is 5.87. The number of ether oxygens (including phenoxy) is 3. The Morgan fingerprint density at radius 2 is 1.70 bits per heavy atom. The zero-order chi connectivity index (χ0) is 17.4. The van der Waals surface area contributed by atoms with E-state index in [0.717, 1.165) is 19.3 Å². The van der Waals surface area contributed by atoms with E-state index in [1.165, 1.54) is 13.5 Å². The molecule has 0 aromatic heterocycles. The lowest BCUT2D eigenvalue weighted by atomic mass is 9.88. The first kappa shape index (κ1) is 19.5. The molecule has 0 saturated heterocycles. The maximum Gasteiger partial charge on any atom is 0.333 e. The fourth-order valence-corrected chi connectivity index (χ4v) is 2.42. The summed E-state index contributed by atoms with van der Waals surface area (Å²) in [6, 6.07) is -2.34. The normalized spacial score (nSPS) is 23.7. The third-order valence-electron chi connectivity index (χ3n) is 3.94. The number of hydrogen-bond donors (Lipinski definition) is 2. The van der Waals surface area contributed by atoms with E-state index in [0.29, 0.717) is 5.92 Å². The SMILES string of the molecule is COC(=O)C[C@H](N)C(=O)OC(=O)[C@@H](N)COC1CCCCC1C. The van der Waals surface area contributed by atoms with E-state index in [4.69, 9.17) is 16.2 Å².